The number of carbonyl (C=O) groups is 2. The summed E-state index contributed by atoms with van der Waals surface area (Å²) in [6.45, 7) is 10.2. The molecule has 2 aliphatic rings. The van der Waals surface area contributed by atoms with E-state index in [1.165, 1.54) is 12.8 Å². The lowest BCUT2D eigenvalue weighted by atomic mass is 9.94. The molecule has 2 aliphatic heterocycles. The highest BCUT2D eigenvalue weighted by atomic mass is 79.9. The van der Waals surface area contributed by atoms with Gasteiger partial charge in [0, 0.05) is 28.2 Å². The van der Waals surface area contributed by atoms with E-state index < -0.39 is 17.7 Å². The van der Waals surface area contributed by atoms with Gasteiger partial charge in [0.1, 0.15) is 0 Å². The molecule has 2 heterocycles. The van der Waals surface area contributed by atoms with Crippen LogP contribution in [0.15, 0.2) is 46.9 Å². The number of carbonyl (C=O) groups excluding carboxylic acids is 2. The number of quaternary nitrogens is 1. The Bertz CT molecular complexity index is 1070. The molecule has 7 nitrogen and oxygen atoms in total. The second-order valence-electron chi connectivity index (χ2n) is 10.1. The number of fused-ring (bicyclic) bond motifs is 1. The number of urea groups is 1. The highest BCUT2D eigenvalue weighted by Gasteiger charge is 2.52. The molecule has 2 aromatic carbocycles. The molecule has 1 fully saturated rings. The number of anilines is 2. The quantitative estimate of drug-likeness (QED) is 0.432. The summed E-state index contributed by atoms with van der Waals surface area (Å²) in [5.41, 5.74) is 0.0974. The maximum absolute atomic E-state index is 13.7. The van der Waals surface area contributed by atoms with Gasteiger partial charge in [0.25, 0.3) is 11.6 Å². The summed E-state index contributed by atoms with van der Waals surface area (Å²) in [6.07, 6.45) is 3.32. The van der Waals surface area contributed by atoms with Crippen molar-refractivity contribution < 1.29 is 19.6 Å². The Labute approximate surface area is 216 Å². The zero-order valence-corrected chi connectivity index (χ0v) is 22.3. The van der Waals surface area contributed by atoms with Crippen molar-refractivity contribution in [2.45, 2.75) is 45.8 Å². The summed E-state index contributed by atoms with van der Waals surface area (Å²) < 4.78 is 0.705. The molecular weight excluding hydrogens is 508 g/mol. The van der Waals surface area contributed by atoms with E-state index in [-0.39, 0.29) is 5.92 Å². The Morgan fingerprint density at radius 2 is 1.94 bits per heavy atom. The van der Waals surface area contributed by atoms with Crippen molar-refractivity contribution in [3.63, 3.8) is 0 Å². The SMILES string of the molecule is CCc1ccc(N2C(=O)Nc3ccc(Br)cc3C2(O)C(=O)NCC(C)C[NH+]2CCC(C)CC2)cc1. The molecule has 2 unspecified atom stereocenters. The molecular formula is C27H36BrN4O3+. The molecule has 35 heavy (non-hydrogen) atoms. The molecule has 2 atom stereocenters. The van der Waals surface area contributed by atoms with E-state index in [2.05, 4.69) is 40.4 Å². The molecule has 2 aromatic rings. The van der Waals surface area contributed by atoms with Gasteiger partial charge in [0.15, 0.2) is 0 Å². The van der Waals surface area contributed by atoms with Gasteiger partial charge in [-0.2, -0.15) is 0 Å². The molecule has 8 heteroatoms. The lowest BCUT2D eigenvalue weighted by Gasteiger charge is -2.43. The lowest BCUT2D eigenvalue weighted by molar-refractivity contribution is -0.909. The van der Waals surface area contributed by atoms with Gasteiger partial charge in [-0.05, 0) is 61.1 Å². The van der Waals surface area contributed by atoms with Crippen LogP contribution in [-0.4, -0.2) is 43.2 Å². The normalized spacial score (nSPS) is 24.9. The van der Waals surface area contributed by atoms with Crippen molar-refractivity contribution in [1.82, 2.24) is 5.32 Å². The third kappa shape index (κ3) is 5.39. The minimum atomic E-state index is -2.19. The molecule has 4 N–H and O–H groups in total. The third-order valence-electron chi connectivity index (χ3n) is 7.27. The minimum Gasteiger partial charge on any atom is -0.359 e. The highest BCUT2D eigenvalue weighted by Crippen LogP contribution is 2.41. The molecule has 0 spiro atoms. The zero-order valence-electron chi connectivity index (χ0n) is 20.7. The lowest BCUT2D eigenvalue weighted by Crippen LogP contribution is -3.13. The predicted octanol–water partition coefficient (Wildman–Crippen LogP) is 3.28. The highest BCUT2D eigenvalue weighted by molar-refractivity contribution is 9.10. The van der Waals surface area contributed by atoms with E-state index in [1.807, 2.05) is 19.1 Å². The van der Waals surface area contributed by atoms with Gasteiger partial charge < -0.3 is 20.6 Å². The Hall–Kier alpha value is -2.42. The summed E-state index contributed by atoms with van der Waals surface area (Å²) >= 11 is 3.45. The topological polar surface area (TPSA) is 86.1 Å². The second-order valence-corrected chi connectivity index (χ2v) is 11.0. The average molecular weight is 545 g/mol. The molecule has 0 aliphatic carbocycles. The number of aliphatic hydroxyl groups is 1. The fraction of sp³-hybridized carbons (Fsp3) is 0.481. The van der Waals surface area contributed by atoms with E-state index in [0.29, 0.717) is 28.0 Å². The first-order valence-corrected chi connectivity index (χ1v) is 13.4. The number of rotatable bonds is 7. The molecule has 4 rings (SSSR count). The Balaban J connectivity index is 1.59. The van der Waals surface area contributed by atoms with Crippen LogP contribution in [0.5, 0.6) is 0 Å². The van der Waals surface area contributed by atoms with Crippen LogP contribution in [0.25, 0.3) is 0 Å². The van der Waals surface area contributed by atoms with Crippen LogP contribution >= 0.6 is 15.9 Å². The van der Waals surface area contributed by atoms with Crippen LogP contribution in [0.4, 0.5) is 16.2 Å². The Kier molecular flexibility index (Phi) is 7.83. The van der Waals surface area contributed by atoms with Crippen molar-refractivity contribution in [2.24, 2.45) is 11.8 Å². The van der Waals surface area contributed by atoms with Crippen molar-refractivity contribution in [3.8, 4) is 0 Å². The summed E-state index contributed by atoms with van der Waals surface area (Å²) in [7, 11) is 0. The number of benzene rings is 2. The van der Waals surface area contributed by atoms with Crippen molar-refractivity contribution >= 4 is 39.2 Å². The number of likely N-dealkylation sites (tertiary alicyclic amines) is 1. The molecule has 1 saturated heterocycles. The summed E-state index contributed by atoms with van der Waals surface area (Å²) in [5, 5.41) is 17.8. The van der Waals surface area contributed by atoms with E-state index in [0.717, 1.165) is 42.4 Å². The van der Waals surface area contributed by atoms with Gasteiger partial charge in [-0.15, -0.1) is 0 Å². The van der Waals surface area contributed by atoms with Gasteiger partial charge in [-0.25, -0.2) is 4.79 Å². The van der Waals surface area contributed by atoms with Crippen LogP contribution in [0.1, 0.15) is 44.7 Å². The zero-order chi connectivity index (χ0) is 25.2. The van der Waals surface area contributed by atoms with Gasteiger partial charge in [-0.3, -0.25) is 9.69 Å². The number of amides is 3. The summed E-state index contributed by atoms with van der Waals surface area (Å²) in [6, 6.07) is 11.9. The minimum absolute atomic E-state index is 0.239. The fourth-order valence-corrected chi connectivity index (χ4v) is 5.45. The van der Waals surface area contributed by atoms with Gasteiger partial charge in [0.2, 0.25) is 0 Å². The van der Waals surface area contributed by atoms with Gasteiger partial charge in [0.05, 0.1) is 25.3 Å². The average Bonchev–Trinajstić information content (AvgIpc) is 2.85. The summed E-state index contributed by atoms with van der Waals surface area (Å²) in [4.78, 5) is 29.6. The third-order valence-corrected chi connectivity index (χ3v) is 7.77. The Morgan fingerprint density at radius 1 is 1.26 bits per heavy atom. The van der Waals surface area contributed by atoms with Gasteiger partial charge in [-0.1, -0.05) is 48.8 Å². The number of hydrogen-bond acceptors (Lipinski definition) is 3. The predicted molar refractivity (Wildman–Crippen MR) is 141 cm³/mol. The summed E-state index contributed by atoms with van der Waals surface area (Å²) in [5.74, 6) is 0.417. The molecule has 0 saturated carbocycles. The van der Waals surface area contributed by atoms with Gasteiger partial charge >= 0.3 is 6.03 Å². The number of nitrogens with zero attached hydrogens (tertiary/aromatic N) is 1. The largest absolute Gasteiger partial charge is 0.359 e. The second kappa shape index (κ2) is 10.7. The van der Waals surface area contributed by atoms with Crippen LogP contribution < -0.4 is 20.4 Å². The number of piperidine rings is 1. The molecule has 188 valence electrons. The number of halogens is 1. The number of hydrogen-bond donors (Lipinski definition) is 4. The number of aryl methyl sites for hydroxylation is 1. The van der Waals surface area contributed by atoms with Crippen LogP contribution in [0.3, 0.4) is 0 Å². The molecule has 3 amide bonds. The maximum atomic E-state index is 13.7. The standard InChI is InChI=1S/C27H35BrN4O3/c1-4-20-5-8-22(9-6-20)32-26(34)30-24-10-7-21(28)15-23(24)27(32,35)25(33)29-16-19(3)17-31-13-11-18(2)12-14-31/h5-10,15,18-19,35H,4,11-14,16-17H2,1-3H3,(H,29,33)(H,30,34)/p+1. The van der Waals surface area contributed by atoms with Crippen LogP contribution in [-0.2, 0) is 16.9 Å². The monoisotopic (exact) mass is 543 g/mol. The van der Waals surface area contributed by atoms with Crippen molar-refractivity contribution in [1.29, 1.82) is 0 Å². The van der Waals surface area contributed by atoms with Crippen molar-refractivity contribution in [2.75, 3.05) is 36.4 Å². The molecule has 0 aromatic heterocycles. The first kappa shape index (κ1) is 25.7. The smallest absolute Gasteiger partial charge is 0.329 e. The number of nitrogens with one attached hydrogen (secondary N) is 3. The van der Waals surface area contributed by atoms with Crippen LogP contribution in [0.2, 0.25) is 0 Å². The van der Waals surface area contributed by atoms with E-state index in [9.17, 15) is 14.7 Å². The first-order valence-electron chi connectivity index (χ1n) is 12.6. The van der Waals surface area contributed by atoms with E-state index in [4.69, 9.17) is 0 Å². The molecule has 0 radical (unpaired) electrons. The molecule has 0 bridgehead atoms. The Morgan fingerprint density at radius 3 is 2.60 bits per heavy atom. The fourth-order valence-electron chi connectivity index (χ4n) is 5.09. The van der Waals surface area contributed by atoms with E-state index >= 15 is 0 Å². The first-order chi connectivity index (χ1) is 16.7. The van der Waals surface area contributed by atoms with Crippen LogP contribution in [0, 0.1) is 11.8 Å². The van der Waals surface area contributed by atoms with E-state index in [1.54, 1.807) is 35.2 Å². The van der Waals surface area contributed by atoms with Crippen molar-refractivity contribution in [3.05, 3.63) is 58.1 Å². The maximum Gasteiger partial charge on any atom is 0.329 e.